The summed E-state index contributed by atoms with van der Waals surface area (Å²) in [6.45, 7) is 7.96. The summed E-state index contributed by atoms with van der Waals surface area (Å²) >= 11 is 0. The predicted molar refractivity (Wildman–Crippen MR) is 73.7 cm³/mol. The first-order valence-electron chi connectivity index (χ1n) is 6.84. The van der Waals surface area contributed by atoms with Gasteiger partial charge in [-0.05, 0) is 31.3 Å². The maximum atomic E-state index is 12.4. The minimum absolute atomic E-state index is 0.167. The first-order valence-corrected chi connectivity index (χ1v) is 6.84. The van der Waals surface area contributed by atoms with Gasteiger partial charge >= 0.3 is 5.97 Å². The van der Waals surface area contributed by atoms with Crippen LogP contribution in [0.1, 0.15) is 32.6 Å². The third kappa shape index (κ3) is 2.87. The second-order valence-electron chi connectivity index (χ2n) is 5.30. The molecule has 1 N–H and O–H groups in total. The molecule has 6 heteroatoms. The van der Waals surface area contributed by atoms with Crippen molar-refractivity contribution in [1.29, 1.82) is 0 Å². The van der Waals surface area contributed by atoms with Crippen molar-refractivity contribution in [2.45, 2.75) is 32.6 Å². The van der Waals surface area contributed by atoms with Crippen LogP contribution >= 0.6 is 0 Å². The van der Waals surface area contributed by atoms with Crippen LogP contribution in [0, 0.1) is 12.5 Å². The lowest BCUT2D eigenvalue weighted by Gasteiger charge is -2.26. The number of hydrogen-bond donors (Lipinski definition) is 1. The van der Waals surface area contributed by atoms with Crippen molar-refractivity contribution in [2.75, 3.05) is 6.54 Å². The molecule has 0 unspecified atom stereocenters. The molecule has 2 rings (SSSR count). The summed E-state index contributed by atoms with van der Waals surface area (Å²) in [5.74, 6) is -2.45. The van der Waals surface area contributed by atoms with Crippen molar-refractivity contribution in [3.8, 4) is 0 Å². The fourth-order valence-corrected chi connectivity index (χ4v) is 2.78. The zero-order valence-corrected chi connectivity index (χ0v) is 11.8. The molecule has 0 spiro atoms. The lowest BCUT2D eigenvalue weighted by molar-refractivity contribution is -0.149. The van der Waals surface area contributed by atoms with E-state index in [2.05, 4.69) is 4.85 Å². The molecule has 0 aromatic carbocycles. The van der Waals surface area contributed by atoms with E-state index in [9.17, 15) is 14.4 Å². The Hall–Kier alpha value is -2.42. The molecule has 21 heavy (non-hydrogen) atoms. The number of hydrogen-bond acceptors (Lipinski definition) is 3. The minimum Gasteiger partial charge on any atom is -0.480 e. The average molecular weight is 288 g/mol. The van der Waals surface area contributed by atoms with E-state index in [1.807, 2.05) is 0 Å². The lowest BCUT2D eigenvalue weighted by Crippen LogP contribution is -2.45. The molecule has 110 valence electrons. The van der Waals surface area contributed by atoms with E-state index in [-0.39, 0.29) is 11.6 Å². The van der Waals surface area contributed by atoms with Crippen molar-refractivity contribution < 1.29 is 19.5 Å². The summed E-state index contributed by atoms with van der Waals surface area (Å²) in [5, 5.41) is 8.84. The highest BCUT2D eigenvalue weighted by Gasteiger charge is 2.37. The normalized spacial score (nSPS) is 22.1. The molecule has 0 saturated heterocycles. The third-order valence-electron chi connectivity index (χ3n) is 3.89. The van der Waals surface area contributed by atoms with Crippen LogP contribution in [0.4, 0.5) is 0 Å². The maximum Gasteiger partial charge on any atom is 0.323 e. The Morgan fingerprint density at radius 3 is 2.52 bits per heavy atom. The number of carboxylic acid groups (broad SMARTS) is 1. The van der Waals surface area contributed by atoms with Gasteiger partial charge in [-0.1, -0.05) is 18.9 Å². The summed E-state index contributed by atoms with van der Waals surface area (Å²) in [4.78, 5) is 39.1. The molecule has 1 heterocycles. The molecule has 0 aromatic heterocycles. The molecule has 2 amide bonds. The summed E-state index contributed by atoms with van der Waals surface area (Å²) in [6.07, 6.45) is 5.95. The standard InChI is InChI=1S/C15H16N2O4/c1-9-11(7-10-5-3-4-6-10)14(20)17(8-12(18)19)15(21)13(9)16-2/h7,10H,3-6,8H2,1H3,(H,18,19)/b11-7-. The van der Waals surface area contributed by atoms with Crippen molar-refractivity contribution in [1.82, 2.24) is 4.90 Å². The van der Waals surface area contributed by atoms with Crippen LogP contribution in [0.2, 0.25) is 0 Å². The molecule has 1 aliphatic heterocycles. The van der Waals surface area contributed by atoms with E-state index in [0.29, 0.717) is 16.0 Å². The molecule has 6 nitrogen and oxygen atoms in total. The quantitative estimate of drug-likeness (QED) is 0.487. The Labute approximate surface area is 122 Å². The number of rotatable bonds is 3. The monoisotopic (exact) mass is 288 g/mol. The van der Waals surface area contributed by atoms with Gasteiger partial charge in [0.25, 0.3) is 17.5 Å². The number of carboxylic acids is 1. The molecule has 1 saturated carbocycles. The molecule has 0 atom stereocenters. The number of amides is 2. The first-order chi connectivity index (χ1) is 9.95. The summed E-state index contributed by atoms with van der Waals surface area (Å²) in [6, 6.07) is 0. The SMILES string of the molecule is [C-]#[N+]C1=C(C)/C(=C/C2CCCC2)C(=O)N(CC(=O)O)C1=O. The lowest BCUT2D eigenvalue weighted by atomic mass is 9.94. The van der Waals surface area contributed by atoms with E-state index in [1.54, 1.807) is 13.0 Å². The molecule has 2 aliphatic rings. The zero-order chi connectivity index (χ0) is 15.6. The van der Waals surface area contributed by atoms with Crippen LogP contribution in [0.25, 0.3) is 4.85 Å². The Morgan fingerprint density at radius 2 is 2.00 bits per heavy atom. The fraction of sp³-hybridized carbons (Fsp3) is 0.467. The summed E-state index contributed by atoms with van der Waals surface area (Å²) < 4.78 is 0. The van der Waals surface area contributed by atoms with Crippen molar-refractivity contribution in [3.05, 3.63) is 34.3 Å². The molecular weight excluding hydrogens is 272 g/mol. The van der Waals surface area contributed by atoms with Gasteiger partial charge < -0.3 is 5.11 Å². The smallest absolute Gasteiger partial charge is 0.323 e. The Kier molecular flexibility index (Phi) is 4.22. The number of nitrogens with zero attached hydrogens (tertiary/aromatic N) is 2. The Bertz CT molecular complexity index is 604. The molecule has 1 aliphatic carbocycles. The highest BCUT2D eigenvalue weighted by molar-refractivity contribution is 6.18. The highest BCUT2D eigenvalue weighted by atomic mass is 16.4. The molecule has 0 radical (unpaired) electrons. The van der Waals surface area contributed by atoms with E-state index in [0.717, 1.165) is 25.7 Å². The average Bonchev–Trinajstić information content (AvgIpc) is 2.93. The van der Waals surface area contributed by atoms with Crippen LogP contribution in [0.5, 0.6) is 0 Å². The van der Waals surface area contributed by atoms with E-state index in [1.165, 1.54) is 0 Å². The van der Waals surface area contributed by atoms with Gasteiger partial charge in [-0.3, -0.25) is 19.3 Å². The van der Waals surface area contributed by atoms with Gasteiger partial charge in [0.15, 0.2) is 0 Å². The van der Waals surface area contributed by atoms with E-state index in [4.69, 9.17) is 11.7 Å². The summed E-state index contributed by atoms with van der Waals surface area (Å²) in [7, 11) is 0. The molecular formula is C15H16N2O4. The van der Waals surface area contributed by atoms with Crippen LogP contribution in [0.15, 0.2) is 22.9 Å². The number of allylic oxidation sites excluding steroid dienone is 1. The summed E-state index contributed by atoms with van der Waals surface area (Å²) in [5.41, 5.74) is 0.488. The molecule has 0 aromatic rings. The fourth-order valence-electron chi connectivity index (χ4n) is 2.78. The minimum atomic E-state index is -1.28. The van der Waals surface area contributed by atoms with Crippen LogP contribution in [0.3, 0.4) is 0 Å². The topological polar surface area (TPSA) is 79.0 Å². The number of imide groups is 1. The maximum absolute atomic E-state index is 12.4. The Balaban J connectivity index is 2.45. The largest absolute Gasteiger partial charge is 0.480 e. The van der Waals surface area contributed by atoms with Crippen LogP contribution < -0.4 is 0 Å². The van der Waals surface area contributed by atoms with Crippen molar-refractivity contribution >= 4 is 17.8 Å². The van der Waals surface area contributed by atoms with Crippen LogP contribution in [-0.4, -0.2) is 34.3 Å². The van der Waals surface area contributed by atoms with Crippen LogP contribution in [-0.2, 0) is 14.4 Å². The van der Waals surface area contributed by atoms with Gasteiger partial charge in [-0.15, -0.1) is 0 Å². The van der Waals surface area contributed by atoms with E-state index >= 15 is 0 Å². The molecule has 1 fully saturated rings. The number of aliphatic carboxylic acids is 1. The van der Waals surface area contributed by atoms with Crippen molar-refractivity contribution in [3.63, 3.8) is 0 Å². The second kappa shape index (κ2) is 5.92. The van der Waals surface area contributed by atoms with Crippen molar-refractivity contribution in [2.24, 2.45) is 5.92 Å². The zero-order valence-electron chi connectivity index (χ0n) is 11.8. The van der Waals surface area contributed by atoms with Gasteiger partial charge in [-0.2, -0.15) is 0 Å². The van der Waals surface area contributed by atoms with Gasteiger partial charge in [0, 0.05) is 5.57 Å². The number of carbonyl (C=O) groups is 3. The van der Waals surface area contributed by atoms with E-state index < -0.39 is 24.3 Å². The second-order valence-corrected chi connectivity index (χ2v) is 5.30. The van der Waals surface area contributed by atoms with Gasteiger partial charge in [-0.25, -0.2) is 4.85 Å². The van der Waals surface area contributed by atoms with Gasteiger partial charge in [0.05, 0.1) is 6.57 Å². The first kappa shape index (κ1) is 15.0. The highest BCUT2D eigenvalue weighted by Crippen LogP contribution is 2.32. The molecule has 0 bridgehead atoms. The van der Waals surface area contributed by atoms with Gasteiger partial charge in [0.1, 0.15) is 6.54 Å². The number of carbonyl (C=O) groups excluding carboxylic acids is 2. The third-order valence-corrected chi connectivity index (χ3v) is 3.89. The predicted octanol–water partition coefficient (Wildman–Crippen LogP) is 1.75. The van der Waals surface area contributed by atoms with Gasteiger partial charge in [0.2, 0.25) is 0 Å². The Morgan fingerprint density at radius 1 is 1.38 bits per heavy atom.